The van der Waals surface area contributed by atoms with Gasteiger partial charge < -0.3 is 10.2 Å². The second-order valence-electron chi connectivity index (χ2n) is 11.9. The Labute approximate surface area is 287 Å². The van der Waals surface area contributed by atoms with E-state index in [2.05, 4.69) is 72.8 Å². The van der Waals surface area contributed by atoms with Crippen molar-refractivity contribution >= 4 is 11.6 Å². The van der Waals surface area contributed by atoms with E-state index in [-0.39, 0.29) is 23.4 Å². The number of carbonyl (C=O) groups excluding carboxylic acids is 2. The molecule has 4 unspecified atom stereocenters. The van der Waals surface area contributed by atoms with Crippen molar-refractivity contribution in [1.29, 1.82) is 0 Å². The van der Waals surface area contributed by atoms with Gasteiger partial charge in [-0.3, -0.25) is 9.59 Å². The Bertz CT molecular complexity index is 862. The summed E-state index contributed by atoms with van der Waals surface area (Å²) < 4.78 is 0. The standard InChI is InChI=1S/C18H34O2.C14H18O2.2C4H10.C2H6/c1-4-7-9-10-11-12-14-16(13-6-3)18(20)17(19)15-8-5-2;1-5-10(3)14(16)13-7-9(2)6-12(8-13)11(4)15;2*1-3-4-2;1-2/h7,9-11,16-20H,4-6,8,12-15H2,1-3H3;6-8,10H,5H2,1-4H3;2*3-4H2,1-2H3;1-2H3/b9-7-,11-10-;;;;. The van der Waals surface area contributed by atoms with Crippen LogP contribution in [0, 0.1) is 18.8 Å². The van der Waals surface area contributed by atoms with E-state index in [1.54, 1.807) is 6.07 Å². The predicted octanol–water partition coefficient (Wildman–Crippen LogP) is 12.7. The van der Waals surface area contributed by atoms with Crippen LogP contribution in [-0.2, 0) is 0 Å². The summed E-state index contributed by atoms with van der Waals surface area (Å²) >= 11 is 0. The van der Waals surface area contributed by atoms with Gasteiger partial charge in [-0.15, -0.1) is 0 Å². The second-order valence-corrected chi connectivity index (χ2v) is 11.9. The van der Waals surface area contributed by atoms with Crippen LogP contribution in [0.5, 0.6) is 0 Å². The quantitative estimate of drug-likeness (QED) is 0.123. The number of ketones is 2. The Balaban J connectivity index is -0.000000300. The van der Waals surface area contributed by atoms with Crippen molar-refractivity contribution < 1.29 is 19.8 Å². The highest BCUT2D eigenvalue weighted by Gasteiger charge is 2.24. The maximum Gasteiger partial charge on any atom is 0.165 e. The van der Waals surface area contributed by atoms with Crippen molar-refractivity contribution in [3.63, 3.8) is 0 Å². The monoisotopic (exact) mass is 647 g/mol. The summed E-state index contributed by atoms with van der Waals surface area (Å²) in [6.07, 6.45) is 21.2. The molecular formula is C42H78O4. The van der Waals surface area contributed by atoms with Gasteiger partial charge in [-0.05, 0) is 82.1 Å². The Hall–Kier alpha value is -2.04. The molecule has 0 aromatic heterocycles. The van der Waals surface area contributed by atoms with E-state index in [0.29, 0.717) is 17.5 Å². The number of hydrogen-bond donors (Lipinski definition) is 2. The normalized spacial score (nSPS) is 13.0. The van der Waals surface area contributed by atoms with Crippen LogP contribution in [0.1, 0.15) is 193 Å². The summed E-state index contributed by atoms with van der Waals surface area (Å²) in [6.45, 7) is 26.4. The summed E-state index contributed by atoms with van der Waals surface area (Å²) in [7, 11) is 0. The number of carbonyl (C=O) groups is 2. The number of allylic oxidation sites excluding steroid dienone is 4. The van der Waals surface area contributed by atoms with Crippen molar-refractivity contribution in [1.82, 2.24) is 0 Å². The first-order valence-corrected chi connectivity index (χ1v) is 18.8. The summed E-state index contributed by atoms with van der Waals surface area (Å²) in [6, 6.07) is 5.36. The van der Waals surface area contributed by atoms with E-state index in [4.69, 9.17) is 0 Å². The molecule has 0 aliphatic rings. The Morgan fingerprint density at radius 1 is 0.717 bits per heavy atom. The molecule has 0 saturated heterocycles. The molecule has 0 aliphatic carbocycles. The molecule has 4 atom stereocenters. The first-order valence-electron chi connectivity index (χ1n) is 18.8. The zero-order chi connectivity index (χ0) is 36.3. The molecule has 2 N–H and O–H groups in total. The molecule has 1 aromatic rings. The molecule has 0 spiro atoms. The highest BCUT2D eigenvalue weighted by molar-refractivity contribution is 6.01. The SMILES string of the molecule is CC.CC/C=C\C=C/CCC(CCC)C(O)C(O)CCCC.CCC(C)C(=O)c1cc(C)cc(C(C)=O)c1.CCCC.CCCC. The lowest BCUT2D eigenvalue weighted by molar-refractivity contribution is -0.0263. The van der Waals surface area contributed by atoms with E-state index in [1.807, 2.05) is 46.8 Å². The topological polar surface area (TPSA) is 74.6 Å². The lowest BCUT2D eigenvalue weighted by Crippen LogP contribution is -2.33. The molecule has 4 heteroatoms. The van der Waals surface area contributed by atoms with E-state index < -0.39 is 12.2 Å². The molecule has 270 valence electrons. The molecular weight excluding hydrogens is 568 g/mol. The van der Waals surface area contributed by atoms with Gasteiger partial charge in [-0.25, -0.2) is 0 Å². The summed E-state index contributed by atoms with van der Waals surface area (Å²) in [5.74, 6) is 0.351. The average molecular weight is 647 g/mol. The minimum Gasteiger partial charge on any atom is -0.390 e. The van der Waals surface area contributed by atoms with Gasteiger partial charge in [0.15, 0.2) is 11.6 Å². The molecule has 1 aromatic carbocycles. The fourth-order valence-corrected chi connectivity index (χ4v) is 4.05. The van der Waals surface area contributed by atoms with Crippen LogP contribution in [0.3, 0.4) is 0 Å². The zero-order valence-electron chi connectivity index (χ0n) is 32.8. The molecule has 0 bridgehead atoms. The molecule has 0 fully saturated rings. The second kappa shape index (κ2) is 37.4. The van der Waals surface area contributed by atoms with Crippen molar-refractivity contribution in [2.24, 2.45) is 11.8 Å². The smallest absolute Gasteiger partial charge is 0.165 e. The molecule has 0 amide bonds. The van der Waals surface area contributed by atoms with Crippen LogP contribution in [0.4, 0.5) is 0 Å². The van der Waals surface area contributed by atoms with Crippen molar-refractivity contribution in [2.75, 3.05) is 0 Å². The van der Waals surface area contributed by atoms with E-state index in [0.717, 1.165) is 56.9 Å². The van der Waals surface area contributed by atoms with Gasteiger partial charge in [-0.2, -0.15) is 0 Å². The fraction of sp³-hybridized carbons (Fsp3) is 0.714. The third-order valence-electron chi connectivity index (χ3n) is 7.54. The van der Waals surface area contributed by atoms with Gasteiger partial charge >= 0.3 is 0 Å². The van der Waals surface area contributed by atoms with Gasteiger partial charge in [0.25, 0.3) is 0 Å². The number of benzene rings is 1. The van der Waals surface area contributed by atoms with Gasteiger partial charge in [-0.1, -0.05) is 145 Å². The van der Waals surface area contributed by atoms with Crippen LogP contribution in [0.2, 0.25) is 0 Å². The summed E-state index contributed by atoms with van der Waals surface area (Å²) in [5.41, 5.74) is 2.23. The molecule has 4 nitrogen and oxygen atoms in total. The number of aliphatic hydroxyl groups is 2. The predicted molar refractivity (Wildman–Crippen MR) is 205 cm³/mol. The Morgan fingerprint density at radius 3 is 1.67 bits per heavy atom. The maximum atomic E-state index is 12.0. The molecule has 0 aliphatic heterocycles. The number of unbranched alkanes of at least 4 members (excludes halogenated alkanes) is 3. The first kappa shape index (κ1) is 50.8. The third kappa shape index (κ3) is 29.4. The number of aliphatic hydroxyl groups excluding tert-OH is 2. The third-order valence-corrected chi connectivity index (χ3v) is 7.54. The molecule has 0 radical (unpaired) electrons. The minimum atomic E-state index is -0.568. The van der Waals surface area contributed by atoms with Gasteiger partial charge in [0, 0.05) is 17.0 Å². The van der Waals surface area contributed by atoms with E-state index in [1.165, 1.54) is 32.6 Å². The number of hydrogen-bond acceptors (Lipinski definition) is 4. The van der Waals surface area contributed by atoms with Crippen LogP contribution >= 0.6 is 0 Å². The van der Waals surface area contributed by atoms with Crippen molar-refractivity contribution in [3.8, 4) is 0 Å². The molecule has 1 rings (SSSR count). The van der Waals surface area contributed by atoms with Crippen LogP contribution < -0.4 is 0 Å². The number of rotatable bonds is 18. The van der Waals surface area contributed by atoms with Crippen LogP contribution in [-0.4, -0.2) is 34.0 Å². The van der Waals surface area contributed by atoms with E-state index >= 15 is 0 Å². The molecule has 46 heavy (non-hydrogen) atoms. The number of Topliss-reactive ketones (excluding diaryl/α,β-unsaturated/α-hetero) is 2. The summed E-state index contributed by atoms with van der Waals surface area (Å²) in [5, 5.41) is 20.3. The first-order chi connectivity index (χ1) is 21.9. The Morgan fingerprint density at radius 2 is 1.24 bits per heavy atom. The van der Waals surface area contributed by atoms with Crippen LogP contribution in [0.25, 0.3) is 0 Å². The lowest BCUT2D eigenvalue weighted by Gasteiger charge is -2.26. The van der Waals surface area contributed by atoms with Gasteiger partial charge in [0.05, 0.1) is 12.2 Å². The van der Waals surface area contributed by atoms with Crippen LogP contribution in [0.15, 0.2) is 42.5 Å². The molecule has 0 saturated carbocycles. The fourth-order valence-electron chi connectivity index (χ4n) is 4.05. The Kier molecular flexibility index (Phi) is 41.3. The van der Waals surface area contributed by atoms with Crippen molar-refractivity contribution in [2.45, 2.75) is 186 Å². The zero-order valence-corrected chi connectivity index (χ0v) is 32.8. The largest absolute Gasteiger partial charge is 0.390 e. The van der Waals surface area contributed by atoms with Gasteiger partial charge in [0.1, 0.15) is 0 Å². The van der Waals surface area contributed by atoms with Gasteiger partial charge in [0.2, 0.25) is 0 Å². The highest BCUT2D eigenvalue weighted by atomic mass is 16.3. The van der Waals surface area contributed by atoms with Crippen molar-refractivity contribution in [3.05, 3.63) is 59.2 Å². The molecule has 0 heterocycles. The highest BCUT2D eigenvalue weighted by Crippen LogP contribution is 2.23. The lowest BCUT2D eigenvalue weighted by atomic mass is 9.87. The number of aryl methyl sites for hydroxylation is 1. The summed E-state index contributed by atoms with van der Waals surface area (Å²) in [4.78, 5) is 23.3. The minimum absolute atomic E-state index is 0.00176. The maximum absolute atomic E-state index is 12.0. The van der Waals surface area contributed by atoms with E-state index in [9.17, 15) is 19.8 Å². The average Bonchev–Trinajstić information content (AvgIpc) is 3.08.